The van der Waals surface area contributed by atoms with E-state index in [2.05, 4.69) is 86.4 Å². The predicted molar refractivity (Wildman–Crippen MR) is 162 cm³/mol. The van der Waals surface area contributed by atoms with Crippen LogP contribution >= 0.6 is 0 Å². The molecule has 1 aliphatic carbocycles. The molecule has 0 heteroatoms. The lowest BCUT2D eigenvalue weighted by atomic mass is 9.77. The fourth-order valence-corrected chi connectivity index (χ4v) is 6.09. The van der Waals surface area contributed by atoms with Crippen LogP contribution in [-0.4, -0.2) is 0 Å². The second-order valence-electron chi connectivity index (χ2n) is 11.5. The quantitative estimate of drug-likeness (QED) is 0.174. The fourth-order valence-electron chi connectivity index (χ4n) is 6.09. The van der Waals surface area contributed by atoms with E-state index in [4.69, 9.17) is 0 Å². The van der Waals surface area contributed by atoms with Gasteiger partial charge in [0.25, 0.3) is 0 Å². The maximum Gasteiger partial charge on any atom is 0.0255 e. The number of unbranched alkanes of at least 4 members (excludes halogenated alkanes) is 7. The molecule has 0 bridgehead atoms. The Kier molecular flexibility index (Phi) is 11.2. The summed E-state index contributed by atoms with van der Waals surface area (Å²) < 4.78 is 0. The zero-order valence-corrected chi connectivity index (χ0v) is 23.5. The van der Waals surface area contributed by atoms with Gasteiger partial charge in [0.1, 0.15) is 0 Å². The third kappa shape index (κ3) is 8.78. The number of aryl methyl sites for hydroxylation is 1. The predicted octanol–water partition coefficient (Wildman–Crippen LogP) is 11.0. The van der Waals surface area contributed by atoms with E-state index >= 15 is 0 Å². The van der Waals surface area contributed by atoms with Gasteiger partial charge in [-0.15, -0.1) is 0 Å². The zero-order chi connectivity index (χ0) is 25.7. The van der Waals surface area contributed by atoms with Crippen molar-refractivity contribution in [1.82, 2.24) is 0 Å². The smallest absolute Gasteiger partial charge is 0.0255 e. The molecule has 37 heavy (non-hydrogen) atoms. The third-order valence-electron chi connectivity index (χ3n) is 8.52. The molecule has 0 nitrogen and oxygen atoms in total. The van der Waals surface area contributed by atoms with E-state index < -0.39 is 0 Å². The van der Waals surface area contributed by atoms with E-state index in [1.807, 2.05) is 0 Å². The van der Waals surface area contributed by atoms with Crippen LogP contribution in [0.25, 0.3) is 10.8 Å². The second kappa shape index (κ2) is 15.0. The van der Waals surface area contributed by atoms with Gasteiger partial charge in [-0.2, -0.15) is 0 Å². The normalized spacial score (nSPS) is 17.5. The topological polar surface area (TPSA) is 0 Å². The number of fused-ring (bicyclic) bond motifs is 1. The van der Waals surface area contributed by atoms with Crippen molar-refractivity contribution in [3.63, 3.8) is 0 Å². The molecule has 4 rings (SSSR count). The van der Waals surface area contributed by atoms with Crippen LogP contribution in [0.15, 0.2) is 60.7 Å². The maximum absolute atomic E-state index is 3.40. The Hall–Kier alpha value is -2.52. The molecular weight excluding hydrogens is 444 g/mol. The van der Waals surface area contributed by atoms with Gasteiger partial charge in [-0.05, 0) is 96.5 Å². The van der Waals surface area contributed by atoms with Gasteiger partial charge < -0.3 is 0 Å². The fraction of sp³-hybridized carbons (Fsp3) is 0.514. The molecule has 0 saturated heterocycles. The van der Waals surface area contributed by atoms with E-state index in [1.54, 1.807) is 0 Å². The average molecular weight is 493 g/mol. The van der Waals surface area contributed by atoms with E-state index in [9.17, 15) is 0 Å². The van der Waals surface area contributed by atoms with E-state index in [-0.39, 0.29) is 0 Å². The van der Waals surface area contributed by atoms with Crippen LogP contribution in [0.4, 0.5) is 0 Å². The Morgan fingerprint density at radius 2 is 1.22 bits per heavy atom. The number of hydrogen-bond acceptors (Lipinski definition) is 0. The van der Waals surface area contributed by atoms with Crippen LogP contribution in [0, 0.1) is 17.8 Å². The monoisotopic (exact) mass is 492 g/mol. The van der Waals surface area contributed by atoms with Gasteiger partial charge in [-0.3, -0.25) is 0 Å². The van der Waals surface area contributed by atoms with Crippen LogP contribution in [0.3, 0.4) is 0 Å². The molecule has 0 aromatic heterocycles. The molecule has 1 fully saturated rings. The molecule has 0 aliphatic heterocycles. The van der Waals surface area contributed by atoms with Crippen LogP contribution in [0.2, 0.25) is 0 Å². The largest absolute Gasteiger partial charge is 0.0654 e. The molecule has 0 amide bonds. The van der Waals surface area contributed by atoms with E-state index in [1.165, 1.54) is 118 Å². The van der Waals surface area contributed by atoms with Gasteiger partial charge in [0.05, 0.1) is 0 Å². The first-order chi connectivity index (χ1) is 18.2. The van der Waals surface area contributed by atoms with Crippen molar-refractivity contribution in [2.45, 2.75) is 116 Å². The molecule has 1 saturated carbocycles. The van der Waals surface area contributed by atoms with Gasteiger partial charge in [-0.25, -0.2) is 0 Å². The van der Waals surface area contributed by atoms with Crippen molar-refractivity contribution in [2.24, 2.45) is 5.92 Å². The molecule has 0 N–H and O–H groups in total. The summed E-state index contributed by atoms with van der Waals surface area (Å²) in [4.78, 5) is 0. The second-order valence-corrected chi connectivity index (χ2v) is 11.5. The highest BCUT2D eigenvalue weighted by molar-refractivity contribution is 5.84. The maximum atomic E-state index is 3.40. The van der Waals surface area contributed by atoms with Gasteiger partial charge in [-0.1, -0.05) is 120 Å². The Bertz CT molecular complexity index is 1130. The van der Waals surface area contributed by atoms with Crippen LogP contribution in [-0.2, 0) is 6.42 Å². The summed E-state index contributed by atoms with van der Waals surface area (Å²) in [6.07, 6.45) is 20.6. The molecule has 3 aromatic rings. The van der Waals surface area contributed by atoms with Crippen molar-refractivity contribution in [2.75, 3.05) is 0 Å². The molecule has 196 valence electrons. The Labute approximate surface area is 227 Å². The number of benzene rings is 3. The molecule has 0 unspecified atom stereocenters. The summed E-state index contributed by atoms with van der Waals surface area (Å²) in [5.41, 5.74) is 5.19. The molecule has 0 atom stereocenters. The zero-order valence-electron chi connectivity index (χ0n) is 23.5. The van der Waals surface area contributed by atoms with Crippen molar-refractivity contribution in [3.8, 4) is 11.8 Å². The minimum atomic E-state index is 0.746. The first-order valence-corrected chi connectivity index (χ1v) is 15.4. The van der Waals surface area contributed by atoms with Gasteiger partial charge in [0.2, 0.25) is 0 Å². The van der Waals surface area contributed by atoms with E-state index in [0.29, 0.717) is 0 Å². The first-order valence-electron chi connectivity index (χ1n) is 15.4. The number of hydrogen-bond donors (Lipinski definition) is 0. The number of rotatable bonds is 12. The SMILES string of the molecule is CCCCCCCC1CCC(c2ccc(C#Cc3ccc4cc(CCCCCC)ccc4c3)cc2)CC1. The van der Waals surface area contributed by atoms with Crippen molar-refractivity contribution < 1.29 is 0 Å². The minimum Gasteiger partial charge on any atom is -0.0654 e. The average Bonchev–Trinajstić information content (AvgIpc) is 2.95. The van der Waals surface area contributed by atoms with Crippen molar-refractivity contribution in [1.29, 1.82) is 0 Å². The Balaban J connectivity index is 1.27. The lowest BCUT2D eigenvalue weighted by Gasteiger charge is -2.29. The van der Waals surface area contributed by atoms with Gasteiger partial charge in [0.15, 0.2) is 0 Å². The Morgan fingerprint density at radius 1 is 0.595 bits per heavy atom. The van der Waals surface area contributed by atoms with Crippen LogP contribution in [0.1, 0.15) is 132 Å². The van der Waals surface area contributed by atoms with Gasteiger partial charge in [0, 0.05) is 11.1 Å². The lowest BCUT2D eigenvalue weighted by molar-refractivity contribution is 0.302. The minimum absolute atomic E-state index is 0.746. The summed E-state index contributed by atoms with van der Waals surface area (Å²) in [6.45, 7) is 4.57. The third-order valence-corrected chi connectivity index (χ3v) is 8.52. The summed E-state index contributed by atoms with van der Waals surface area (Å²) in [6, 6.07) is 22.7. The molecular formula is C37H48. The van der Waals surface area contributed by atoms with Crippen molar-refractivity contribution in [3.05, 3.63) is 82.9 Å². The molecule has 0 radical (unpaired) electrons. The first kappa shape index (κ1) is 27.5. The van der Waals surface area contributed by atoms with Crippen LogP contribution < -0.4 is 0 Å². The summed E-state index contributed by atoms with van der Waals surface area (Å²) >= 11 is 0. The van der Waals surface area contributed by atoms with Crippen LogP contribution in [0.5, 0.6) is 0 Å². The lowest BCUT2D eigenvalue weighted by Crippen LogP contribution is -2.13. The summed E-state index contributed by atoms with van der Waals surface area (Å²) in [5.74, 6) is 8.52. The highest BCUT2D eigenvalue weighted by Gasteiger charge is 2.21. The molecule has 3 aromatic carbocycles. The summed E-state index contributed by atoms with van der Waals surface area (Å²) in [5, 5.41) is 2.62. The summed E-state index contributed by atoms with van der Waals surface area (Å²) in [7, 11) is 0. The molecule has 1 aliphatic rings. The van der Waals surface area contributed by atoms with Crippen molar-refractivity contribution >= 4 is 10.8 Å². The van der Waals surface area contributed by atoms with Gasteiger partial charge >= 0.3 is 0 Å². The molecule has 0 heterocycles. The Morgan fingerprint density at radius 3 is 1.97 bits per heavy atom. The highest BCUT2D eigenvalue weighted by atomic mass is 14.3. The standard InChI is InChI=1S/C37H48/c1-3-5-7-9-11-12-30-16-22-34(23-17-30)35-24-18-31(19-25-35)14-15-33-21-27-36-28-32(13-10-8-6-4-2)20-26-37(36)29-33/h18-21,24-30,34H,3-13,16-17,22-23H2,1-2H3. The highest BCUT2D eigenvalue weighted by Crippen LogP contribution is 2.37. The molecule has 0 spiro atoms. The van der Waals surface area contributed by atoms with E-state index in [0.717, 1.165) is 23.0 Å².